The van der Waals surface area contributed by atoms with Crippen LogP contribution in [0.5, 0.6) is 0 Å². The molecule has 0 aromatic rings. The van der Waals surface area contributed by atoms with E-state index in [0.29, 0.717) is 36.4 Å². The highest BCUT2D eigenvalue weighted by molar-refractivity contribution is 5.93. The molecule has 0 aromatic carbocycles. The van der Waals surface area contributed by atoms with E-state index in [4.69, 9.17) is 0 Å². The summed E-state index contributed by atoms with van der Waals surface area (Å²) in [6.45, 7) is 24.7. The van der Waals surface area contributed by atoms with E-state index >= 15 is 0 Å². The first kappa shape index (κ1) is 27.7. The normalized spacial score (nSPS) is 8.60. The van der Waals surface area contributed by atoms with Gasteiger partial charge in [-0.2, -0.15) is 0 Å². The van der Waals surface area contributed by atoms with Crippen molar-refractivity contribution in [3.8, 4) is 0 Å². The third kappa shape index (κ3) is 16.5. The first-order chi connectivity index (χ1) is 11.5. The van der Waals surface area contributed by atoms with Gasteiger partial charge in [-0.3, -0.25) is 14.4 Å². The first-order valence-electron chi connectivity index (χ1n) is 8.59. The summed E-state index contributed by atoms with van der Waals surface area (Å²) < 4.78 is 0. The van der Waals surface area contributed by atoms with Crippen LogP contribution in [0.2, 0.25) is 0 Å². The minimum absolute atomic E-state index is 0. The van der Waals surface area contributed by atoms with Crippen LogP contribution in [0, 0.1) is 0 Å². The average Bonchev–Trinajstić information content (AvgIpc) is 2.55. The summed E-state index contributed by atoms with van der Waals surface area (Å²) in [6.07, 6.45) is 0.882. The summed E-state index contributed by atoms with van der Waals surface area (Å²) in [6, 6.07) is 0. The van der Waals surface area contributed by atoms with Crippen LogP contribution in [0.4, 0.5) is 0 Å². The van der Waals surface area contributed by atoms with Crippen molar-refractivity contribution in [2.75, 3.05) is 19.6 Å². The molecule has 0 aliphatic rings. The molecule has 0 radical (unpaired) electrons. The van der Waals surface area contributed by atoms with Gasteiger partial charge in [-0.1, -0.05) is 40.5 Å². The molecule has 0 spiro atoms. The van der Waals surface area contributed by atoms with Crippen LogP contribution in [0.1, 0.15) is 56.3 Å². The van der Waals surface area contributed by atoms with Gasteiger partial charge in [-0.05, 0) is 39.7 Å². The molecular formula is C20H38N2O3. The summed E-state index contributed by atoms with van der Waals surface area (Å²) >= 11 is 0. The van der Waals surface area contributed by atoms with Gasteiger partial charge in [-0.15, -0.1) is 0 Å². The molecule has 146 valence electrons. The minimum atomic E-state index is -0.177. The van der Waals surface area contributed by atoms with Crippen LogP contribution >= 0.6 is 0 Å². The fourth-order valence-corrected chi connectivity index (χ4v) is 1.31. The molecule has 0 saturated heterocycles. The van der Waals surface area contributed by atoms with Crippen LogP contribution in [-0.2, 0) is 14.4 Å². The first-order valence-corrected chi connectivity index (χ1v) is 8.59. The molecular weight excluding hydrogens is 316 g/mol. The Kier molecular flexibility index (Phi) is 18.5. The van der Waals surface area contributed by atoms with Crippen LogP contribution in [-0.4, -0.2) is 42.1 Å². The number of Topliss-reactive ketones (excluding diaryl/α,β-unsaturated/α-hetero) is 1. The SMILES string of the molecule is C=C(C)C(=O)NCCN(CCC)C(=O)C(=C)C.C=C(C)C(C)=O.CC.[HH]. The molecule has 1 N–H and O–H groups in total. The molecule has 0 atom stereocenters. The predicted octanol–water partition coefficient (Wildman–Crippen LogP) is 3.92. The van der Waals surface area contributed by atoms with E-state index in [-0.39, 0.29) is 19.0 Å². The highest BCUT2D eigenvalue weighted by Crippen LogP contribution is 1.99. The number of hydrogen-bond donors (Lipinski definition) is 1. The predicted molar refractivity (Wildman–Crippen MR) is 108 cm³/mol. The van der Waals surface area contributed by atoms with Gasteiger partial charge in [0.05, 0.1) is 0 Å². The van der Waals surface area contributed by atoms with E-state index in [9.17, 15) is 14.4 Å². The lowest BCUT2D eigenvalue weighted by atomic mass is 10.2. The second kappa shape index (κ2) is 16.7. The van der Waals surface area contributed by atoms with E-state index in [1.807, 2.05) is 20.8 Å². The van der Waals surface area contributed by atoms with Crippen molar-refractivity contribution in [3.63, 3.8) is 0 Å². The van der Waals surface area contributed by atoms with Crippen LogP contribution in [0.3, 0.4) is 0 Å². The molecule has 2 amide bonds. The molecule has 0 bridgehead atoms. The van der Waals surface area contributed by atoms with Gasteiger partial charge in [0.2, 0.25) is 11.8 Å². The number of rotatable bonds is 8. The molecule has 0 rings (SSSR count). The lowest BCUT2D eigenvalue weighted by Crippen LogP contribution is -2.39. The van der Waals surface area contributed by atoms with Gasteiger partial charge >= 0.3 is 0 Å². The Balaban J connectivity index is -0.000000228. The van der Waals surface area contributed by atoms with Crippen molar-refractivity contribution in [2.24, 2.45) is 0 Å². The second-order valence-corrected chi connectivity index (χ2v) is 5.45. The molecule has 0 aromatic heterocycles. The Hall–Kier alpha value is -2.17. The van der Waals surface area contributed by atoms with Gasteiger partial charge < -0.3 is 10.2 Å². The molecule has 5 nitrogen and oxygen atoms in total. The zero-order valence-corrected chi connectivity index (χ0v) is 17.1. The summed E-state index contributed by atoms with van der Waals surface area (Å²) in [5.41, 5.74) is 1.61. The summed E-state index contributed by atoms with van der Waals surface area (Å²) in [5.74, 6) is -0.171. The van der Waals surface area contributed by atoms with Crippen LogP contribution in [0.25, 0.3) is 0 Å². The Bertz CT molecular complexity index is 473. The topological polar surface area (TPSA) is 66.5 Å². The number of carbonyl (C=O) groups excluding carboxylic acids is 3. The zero-order chi connectivity index (χ0) is 20.6. The third-order valence-corrected chi connectivity index (χ3v) is 2.80. The average molecular weight is 355 g/mol. The summed E-state index contributed by atoms with van der Waals surface area (Å²) in [4.78, 5) is 34.7. The highest BCUT2D eigenvalue weighted by Gasteiger charge is 2.13. The highest BCUT2D eigenvalue weighted by atomic mass is 16.2. The number of amides is 2. The number of allylic oxidation sites excluding steroid dienone is 1. The van der Waals surface area contributed by atoms with E-state index in [0.717, 1.165) is 6.42 Å². The van der Waals surface area contributed by atoms with Crippen LogP contribution in [0.15, 0.2) is 36.5 Å². The van der Waals surface area contributed by atoms with Crippen molar-refractivity contribution < 1.29 is 15.8 Å². The van der Waals surface area contributed by atoms with Crippen molar-refractivity contribution in [2.45, 2.75) is 54.9 Å². The monoisotopic (exact) mass is 354 g/mol. The quantitative estimate of drug-likeness (QED) is 0.672. The number of hydrogen-bond acceptors (Lipinski definition) is 3. The van der Waals surface area contributed by atoms with E-state index in [1.165, 1.54) is 6.92 Å². The van der Waals surface area contributed by atoms with Gasteiger partial charge in [0.15, 0.2) is 5.78 Å². The molecule has 25 heavy (non-hydrogen) atoms. The van der Waals surface area contributed by atoms with Crippen molar-refractivity contribution >= 4 is 17.6 Å². The molecule has 0 saturated carbocycles. The number of carbonyl (C=O) groups is 3. The van der Waals surface area contributed by atoms with Gasteiger partial charge in [0, 0.05) is 32.2 Å². The van der Waals surface area contributed by atoms with Crippen molar-refractivity contribution in [1.82, 2.24) is 10.2 Å². The maximum atomic E-state index is 11.7. The number of nitrogens with zero attached hydrogens (tertiary/aromatic N) is 1. The minimum Gasteiger partial charge on any atom is -0.351 e. The Morgan fingerprint density at radius 2 is 1.32 bits per heavy atom. The van der Waals surface area contributed by atoms with E-state index in [1.54, 1.807) is 25.7 Å². The largest absolute Gasteiger partial charge is 0.351 e. The molecule has 0 heterocycles. The van der Waals surface area contributed by atoms with Crippen molar-refractivity contribution in [1.29, 1.82) is 0 Å². The van der Waals surface area contributed by atoms with Crippen LogP contribution < -0.4 is 5.32 Å². The zero-order valence-electron chi connectivity index (χ0n) is 17.1. The van der Waals surface area contributed by atoms with E-state index < -0.39 is 0 Å². The van der Waals surface area contributed by atoms with Gasteiger partial charge in [0.25, 0.3) is 0 Å². The molecule has 5 heteroatoms. The number of ketones is 1. The maximum absolute atomic E-state index is 11.7. The number of nitrogens with one attached hydrogen (secondary N) is 1. The van der Waals surface area contributed by atoms with Crippen molar-refractivity contribution in [3.05, 3.63) is 36.5 Å². The Labute approximate surface area is 155 Å². The Morgan fingerprint density at radius 1 is 0.880 bits per heavy atom. The molecule has 0 aliphatic carbocycles. The lowest BCUT2D eigenvalue weighted by Gasteiger charge is -2.22. The maximum Gasteiger partial charge on any atom is 0.248 e. The second-order valence-electron chi connectivity index (χ2n) is 5.45. The lowest BCUT2D eigenvalue weighted by molar-refractivity contribution is -0.127. The summed E-state index contributed by atoms with van der Waals surface area (Å²) in [7, 11) is 0. The smallest absolute Gasteiger partial charge is 0.248 e. The fraction of sp³-hybridized carbons (Fsp3) is 0.550. The molecule has 0 aliphatic heterocycles. The summed E-state index contributed by atoms with van der Waals surface area (Å²) in [5, 5.41) is 2.70. The Morgan fingerprint density at radius 3 is 1.60 bits per heavy atom. The van der Waals surface area contributed by atoms with E-state index in [2.05, 4.69) is 25.1 Å². The van der Waals surface area contributed by atoms with Gasteiger partial charge in [-0.25, -0.2) is 0 Å². The van der Waals surface area contributed by atoms with Gasteiger partial charge in [0.1, 0.15) is 0 Å². The third-order valence-electron chi connectivity index (χ3n) is 2.80. The standard InChI is InChI=1S/C13H22N2O2.C5H8O.C2H6.H2/c1-6-8-15(13(17)11(4)5)9-7-14-12(16)10(2)3;1-4(2)5(3)6;1-2;/h2,4,6-9H2,1,3,5H3,(H,14,16);1H2,2-3H3;1-2H3;1H. The molecule has 0 fully saturated rings. The fourth-order valence-electron chi connectivity index (χ4n) is 1.31. The molecule has 0 unspecified atom stereocenters.